The van der Waals surface area contributed by atoms with Crippen molar-refractivity contribution < 1.29 is 8.42 Å². The molecule has 0 radical (unpaired) electrons. The van der Waals surface area contributed by atoms with Crippen LogP contribution in [-0.2, 0) is 22.9 Å². The van der Waals surface area contributed by atoms with Crippen molar-refractivity contribution in [2.45, 2.75) is 31.6 Å². The molecule has 3 heterocycles. The molecule has 140 valence electrons. The van der Waals surface area contributed by atoms with Crippen molar-refractivity contribution >= 4 is 9.84 Å². The van der Waals surface area contributed by atoms with E-state index in [-0.39, 0.29) is 12.1 Å². The molecule has 2 aromatic rings. The van der Waals surface area contributed by atoms with Crippen molar-refractivity contribution in [3.05, 3.63) is 54.6 Å². The monoisotopic (exact) mass is 374 g/mol. The maximum atomic E-state index is 12.3. The first-order valence-electron chi connectivity index (χ1n) is 9.29. The van der Waals surface area contributed by atoms with Crippen LogP contribution in [0.25, 0.3) is 0 Å². The van der Waals surface area contributed by atoms with E-state index < -0.39 is 9.84 Å². The minimum absolute atomic E-state index is 0.113. The van der Waals surface area contributed by atoms with Crippen LogP contribution >= 0.6 is 0 Å². The molecule has 0 amide bonds. The quantitative estimate of drug-likeness (QED) is 0.762. The number of piperazine rings is 1. The zero-order valence-electron chi connectivity index (χ0n) is 14.9. The molecule has 26 heavy (non-hydrogen) atoms. The first-order chi connectivity index (χ1) is 12.6. The van der Waals surface area contributed by atoms with E-state index in [1.807, 2.05) is 30.7 Å². The molecule has 0 spiro atoms. The minimum atomic E-state index is -2.95. The normalized spacial score (nSPS) is 26.0. The van der Waals surface area contributed by atoms with E-state index in [1.165, 1.54) is 5.56 Å². The van der Waals surface area contributed by atoms with Gasteiger partial charge in [0.15, 0.2) is 9.84 Å². The van der Waals surface area contributed by atoms with Crippen LogP contribution in [0, 0.1) is 0 Å². The summed E-state index contributed by atoms with van der Waals surface area (Å²) in [5.41, 5.74) is 1.25. The predicted molar refractivity (Wildman–Crippen MR) is 101 cm³/mol. The second-order valence-corrected chi connectivity index (χ2v) is 9.51. The maximum absolute atomic E-state index is 12.3. The first kappa shape index (κ1) is 17.7. The Labute approximate surface area is 155 Å². The van der Waals surface area contributed by atoms with Crippen molar-refractivity contribution in [2.75, 3.05) is 31.1 Å². The van der Waals surface area contributed by atoms with Crippen molar-refractivity contribution in [3.8, 4) is 0 Å². The molecule has 2 fully saturated rings. The number of sulfone groups is 1. The van der Waals surface area contributed by atoms with E-state index in [1.54, 1.807) is 6.20 Å². The van der Waals surface area contributed by atoms with E-state index in [0.29, 0.717) is 11.5 Å². The van der Waals surface area contributed by atoms with Gasteiger partial charge in [0, 0.05) is 57.2 Å². The summed E-state index contributed by atoms with van der Waals surface area (Å²) in [5, 5.41) is 0. The molecule has 2 aliphatic heterocycles. The number of hydrogen-bond acceptors (Lipinski definition) is 5. The van der Waals surface area contributed by atoms with Gasteiger partial charge in [0.1, 0.15) is 0 Å². The largest absolute Gasteiger partial charge is 0.337 e. The first-order valence-corrected chi connectivity index (χ1v) is 11.1. The van der Waals surface area contributed by atoms with Crippen LogP contribution in [0.15, 0.2) is 49.1 Å². The van der Waals surface area contributed by atoms with E-state index in [9.17, 15) is 8.42 Å². The fraction of sp³-hybridized carbons (Fsp3) is 0.526. The Kier molecular flexibility index (Phi) is 5.11. The van der Waals surface area contributed by atoms with Crippen LogP contribution in [0.5, 0.6) is 0 Å². The summed E-state index contributed by atoms with van der Waals surface area (Å²) in [6, 6.07) is 10.6. The summed E-state index contributed by atoms with van der Waals surface area (Å²) in [6.45, 7) is 4.56. The highest BCUT2D eigenvalue weighted by molar-refractivity contribution is 7.91. The van der Waals surface area contributed by atoms with E-state index >= 15 is 0 Å². The molecule has 0 saturated carbocycles. The van der Waals surface area contributed by atoms with E-state index in [4.69, 9.17) is 0 Å². The number of aromatic nitrogens is 2. The van der Waals surface area contributed by atoms with Gasteiger partial charge in [-0.1, -0.05) is 30.3 Å². The van der Waals surface area contributed by atoms with Crippen LogP contribution in [0.3, 0.4) is 0 Å². The van der Waals surface area contributed by atoms with Crippen molar-refractivity contribution in [3.63, 3.8) is 0 Å². The Bertz CT molecular complexity index is 807. The summed E-state index contributed by atoms with van der Waals surface area (Å²) < 4.78 is 26.7. The molecule has 2 atom stereocenters. The van der Waals surface area contributed by atoms with Crippen LogP contribution in [0.2, 0.25) is 0 Å². The molecule has 6 nitrogen and oxygen atoms in total. The Morgan fingerprint density at radius 3 is 2.46 bits per heavy atom. The second kappa shape index (κ2) is 7.50. The number of hydrogen-bond donors (Lipinski definition) is 0. The minimum Gasteiger partial charge on any atom is -0.337 e. The van der Waals surface area contributed by atoms with Crippen molar-refractivity contribution in [1.29, 1.82) is 0 Å². The van der Waals surface area contributed by atoms with Gasteiger partial charge in [-0.3, -0.25) is 9.80 Å². The second-order valence-electron chi connectivity index (χ2n) is 7.36. The third-order valence-electron chi connectivity index (χ3n) is 5.56. The lowest BCUT2D eigenvalue weighted by Crippen LogP contribution is -2.58. The summed E-state index contributed by atoms with van der Waals surface area (Å²) in [7, 11) is -2.95. The molecule has 0 unspecified atom stereocenters. The Hall–Kier alpha value is -1.70. The topological polar surface area (TPSA) is 58.4 Å². The number of rotatable bonds is 6. The highest BCUT2D eigenvalue weighted by atomic mass is 32.2. The molecule has 2 aliphatic rings. The van der Waals surface area contributed by atoms with Crippen LogP contribution < -0.4 is 0 Å². The van der Waals surface area contributed by atoms with Crippen molar-refractivity contribution in [2.24, 2.45) is 0 Å². The SMILES string of the molecule is O=S1(=O)C[C@@H]2[C@H](C1)N(Cc1ccccc1)CCN2CCCn1ccnc1. The zero-order valence-corrected chi connectivity index (χ0v) is 15.8. The number of aryl methyl sites for hydroxylation is 1. The molecule has 0 N–H and O–H groups in total. The average Bonchev–Trinajstić information content (AvgIpc) is 3.24. The molecule has 0 bridgehead atoms. The lowest BCUT2D eigenvalue weighted by atomic mass is 10.0. The highest BCUT2D eigenvalue weighted by Crippen LogP contribution is 2.28. The molecule has 4 rings (SSSR count). The molecule has 0 aliphatic carbocycles. The van der Waals surface area contributed by atoms with Gasteiger partial charge in [-0.25, -0.2) is 13.4 Å². The molecular weight excluding hydrogens is 348 g/mol. The lowest BCUT2D eigenvalue weighted by molar-refractivity contribution is 0.0391. The number of fused-ring (bicyclic) bond motifs is 1. The molecule has 1 aromatic carbocycles. The standard InChI is InChI=1S/C19H26N4O2S/c24-26(25)14-18-19(15-26)23(13-17-5-2-1-3-6-17)12-11-22(18)9-4-8-21-10-7-20-16-21/h1-3,5-7,10,16,18-19H,4,8-9,11-15H2/t18-,19+/m1/s1. The third-order valence-corrected chi connectivity index (χ3v) is 7.25. The fourth-order valence-electron chi connectivity index (χ4n) is 4.26. The van der Waals surface area contributed by atoms with Gasteiger partial charge in [0.05, 0.1) is 17.8 Å². The van der Waals surface area contributed by atoms with E-state index in [0.717, 1.165) is 39.1 Å². The molecule has 1 aromatic heterocycles. The van der Waals surface area contributed by atoms with Gasteiger partial charge in [-0.15, -0.1) is 0 Å². The van der Waals surface area contributed by atoms with Gasteiger partial charge < -0.3 is 4.57 Å². The summed E-state index contributed by atoms with van der Waals surface area (Å²) in [5.74, 6) is 0.594. The average molecular weight is 375 g/mol. The van der Waals surface area contributed by atoms with Gasteiger partial charge in [-0.2, -0.15) is 0 Å². The highest BCUT2D eigenvalue weighted by Gasteiger charge is 2.46. The zero-order chi connectivity index (χ0) is 18.0. The van der Waals surface area contributed by atoms with E-state index in [2.05, 4.69) is 31.5 Å². The van der Waals surface area contributed by atoms with Crippen LogP contribution in [0.1, 0.15) is 12.0 Å². The van der Waals surface area contributed by atoms with Crippen LogP contribution in [0.4, 0.5) is 0 Å². The van der Waals surface area contributed by atoms with Crippen molar-refractivity contribution in [1.82, 2.24) is 19.4 Å². The summed E-state index contributed by atoms with van der Waals surface area (Å²) in [6.07, 6.45) is 6.61. The summed E-state index contributed by atoms with van der Waals surface area (Å²) in [4.78, 5) is 8.84. The Morgan fingerprint density at radius 1 is 1.00 bits per heavy atom. The van der Waals surface area contributed by atoms with Gasteiger partial charge in [-0.05, 0) is 12.0 Å². The van der Waals surface area contributed by atoms with Gasteiger partial charge >= 0.3 is 0 Å². The number of imidazole rings is 1. The lowest BCUT2D eigenvalue weighted by Gasteiger charge is -2.44. The van der Waals surface area contributed by atoms with Gasteiger partial charge in [0.25, 0.3) is 0 Å². The molecule has 2 saturated heterocycles. The number of benzene rings is 1. The fourth-order valence-corrected chi connectivity index (χ4v) is 6.31. The maximum Gasteiger partial charge on any atom is 0.153 e. The Balaban J connectivity index is 1.41. The molecule has 7 heteroatoms. The van der Waals surface area contributed by atoms with Gasteiger partial charge in [0.2, 0.25) is 0 Å². The smallest absolute Gasteiger partial charge is 0.153 e. The van der Waals surface area contributed by atoms with Crippen LogP contribution in [-0.4, -0.2) is 71.0 Å². The Morgan fingerprint density at radius 2 is 1.73 bits per heavy atom. The number of nitrogens with zero attached hydrogens (tertiary/aromatic N) is 4. The predicted octanol–water partition coefficient (Wildman–Crippen LogP) is 1.26. The molecular formula is C19H26N4O2S. The third kappa shape index (κ3) is 4.00. The summed E-state index contributed by atoms with van der Waals surface area (Å²) >= 11 is 0.